The van der Waals surface area contributed by atoms with Gasteiger partial charge in [0.05, 0.1) is 15.3 Å². The Hall–Kier alpha value is -3.10. The third-order valence-corrected chi connectivity index (χ3v) is 7.22. The predicted molar refractivity (Wildman–Crippen MR) is 119 cm³/mol. The number of hydrogen-bond acceptors (Lipinski definition) is 5. The zero-order chi connectivity index (χ0) is 22.4. The minimum Gasteiger partial charge on any atom is -0.255 e. The summed E-state index contributed by atoms with van der Waals surface area (Å²) in [6.45, 7) is 0. The molecule has 0 unspecified atom stereocenters. The molecule has 1 aromatic heterocycles. The van der Waals surface area contributed by atoms with Crippen molar-refractivity contribution >= 4 is 30.6 Å². The van der Waals surface area contributed by atoms with Gasteiger partial charge in [0.15, 0.2) is 19.7 Å². The lowest BCUT2D eigenvalue weighted by molar-refractivity contribution is 0.600. The standard InChI is InChI=1S/C23H18FNO4S2/c1-30(26,27)17-6-3-5-15(13-17)16-9-10-21(24)20(14-16)18-11-12-25-23-19(18)7-4-8-22(23)31(2,28)29/h3-14H,1-2H3. The fourth-order valence-corrected chi connectivity index (χ4v) is 5.01. The number of hydrogen-bond donors (Lipinski definition) is 0. The molecule has 4 rings (SSSR count). The highest BCUT2D eigenvalue weighted by molar-refractivity contribution is 7.91. The van der Waals surface area contributed by atoms with Gasteiger partial charge in [0.2, 0.25) is 0 Å². The summed E-state index contributed by atoms with van der Waals surface area (Å²) in [5, 5.41) is 0.506. The number of fused-ring (bicyclic) bond motifs is 1. The van der Waals surface area contributed by atoms with Crippen molar-refractivity contribution in [2.75, 3.05) is 12.5 Å². The molecule has 0 atom stereocenters. The van der Waals surface area contributed by atoms with Gasteiger partial charge in [-0.15, -0.1) is 0 Å². The Morgan fingerprint density at radius 2 is 1.45 bits per heavy atom. The highest BCUT2D eigenvalue weighted by atomic mass is 32.2. The molecular formula is C23H18FNO4S2. The lowest BCUT2D eigenvalue weighted by atomic mass is 9.96. The number of aromatic nitrogens is 1. The molecule has 0 aliphatic heterocycles. The summed E-state index contributed by atoms with van der Waals surface area (Å²) >= 11 is 0. The molecule has 1 heterocycles. The van der Waals surface area contributed by atoms with Crippen LogP contribution in [0.5, 0.6) is 0 Å². The number of rotatable bonds is 4. The van der Waals surface area contributed by atoms with Crippen LogP contribution in [0.2, 0.25) is 0 Å². The van der Waals surface area contributed by atoms with Crippen molar-refractivity contribution in [1.29, 1.82) is 0 Å². The third-order valence-electron chi connectivity index (χ3n) is 4.99. The van der Waals surface area contributed by atoms with Gasteiger partial charge in [0.1, 0.15) is 5.82 Å². The van der Waals surface area contributed by atoms with Gasteiger partial charge in [0, 0.05) is 29.7 Å². The molecule has 0 aliphatic rings. The normalized spacial score (nSPS) is 12.2. The second-order valence-electron chi connectivity index (χ2n) is 7.28. The Morgan fingerprint density at radius 1 is 0.742 bits per heavy atom. The molecule has 0 radical (unpaired) electrons. The Labute approximate surface area is 180 Å². The first-order chi connectivity index (χ1) is 14.6. The molecule has 158 valence electrons. The lowest BCUT2D eigenvalue weighted by Gasteiger charge is -2.12. The van der Waals surface area contributed by atoms with Crippen molar-refractivity contribution in [2.45, 2.75) is 9.79 Å². The minimum absolute atomic E-state index is 0.0734. The summed E-state index contributed by atoms with van der Waals surface area (Å²) in [7, 11) is -6.91. The van der Waals surface area contributed by atoms with Crippen molar-refractivity contribution in [1.82, 2.24) is 4.98 Å². The lowest BCUT2D eigenvalue weighted by Crippen LogP contribution is -2.00. The van der Waals surface area contributed by atoms with E-state index in [1.807, 2.05) is 0 Å². The first-order valence-electron chi connectivity index (χ1n) is 9.24. The molecule has 0 aliphatic carbocycles. The smallest absolute Gasteiger partial charge is 0.177 e. The van der Waals surface area contributed by atoms with Gasteiger partial charge in [-0.05, 0) is 53.1 Å². The fraction of sp³-hybridized carbons (Fsp3) is 0.0870. The monoisotopic (exact) mass is 455 g/mol. The van der Waals surface area contributed by atoms with Crippen LogP contribution in [-0.2, 0) is 19.7 Å². The highest BCUT2D eigenvalue weighted by Gasteiger charge is 2.17. The van der Waals surface area contributed by atoms with E-state index in [0.717, 1.165) is 12.5 Å². The van der Waals surface area contributed by atoms with Gasteiger partial charge < -0.3 is 0 Å². The van der Waals surface area contributed by atoms with Crippen LogP contribution in [-0.4, -0.2) is 34.3 Å². The van der Waals surface area contributed by atoms with Crippen molar-refractivity contribution in [3.05, 3.63) is 78.7 Å². The van der Waals surface area contributed by atoms with E-state index in [-0.39, 0.29) is 20.9 Å². The van der Waals surface area contributed by atoms with Gasteiger partial charge in [-0.2, -0.15) is 0 Å². The molecule has 5 nitrogen and oxygen atoms in total. The van der Waals surface area contributed by atoms with Gasteiger partial charge in [-0.3, -0.25) is 4.98 Å². The predicted octanol–water partition coefficient (Wildman–Crippen LogP) is 4.51. The third kappa shape index (κ3) is 4.08. The van der Waals surface area contributed by atoms with Crippen LogP contribution in [0, 0.1) is 5.82 Å². The summed E-state index contributed by atoms with van der Waals surface area (Å²) < 4.78 is 63.0. The minimum atomic E-state index is -3.52. The molecule has 0 saturated heterocycles. The van der Waals surface area contributed by atoms with E-state index in [1.165, 1.54) is 24.4 Å². The molecule has 0 fully saturated rings. The molecule has 4 aromatic rings. The maximum atomic E-state index is 14.9. The van der Waals surface area contributed by atoms with Gasteiger partial charge in [-0.25, -0.2) is 21.2 Å². The molecule has 0 spiro atoms. The quantitative estimate of drug-likeness (QED) is 0.452. The highest BCUT2D eigenvalue weighted by Crippen LogP contribution is 2.35. The molecular weight excluding hydrogens is 437 g/mol. The molecule has 0 N–H and O–H groups in total. The second-order valence-corrected chi connectivity index (χ2v) is 11.3. The van der Waals surface area contributed by atoms with E-state index >= 15 is 0 Å². The van der Waals surface area contributed by atoms with Crippen LogP contribution >= 0.6 is 0 Å². The van der Waals surface area contributed by atoms with Crippen LogP contribution in [0.3, 0.4) is 0 Å². The number of para-hydroxylation sites is 1. The first-order valence-corrected chi connectivity index (χ1v) is 13.0. The summed E-state index contributed by atoms with van der Waals surface area (Å²) in [5.41, 5.74) is 2.28. The van der Waals surface area contributed by atoms with Crippen molar-refractivity contribution in [3.8, 4) is 22.3 Å². The average molecular weight is 456 g/mol. The molecule has 0 bridgehead atoms. The Kier molecular flexibility index (Phi) is 5.15. The Morgan fingerprint density at radius 3 is 2.16 bits per heavy atom. The topological polar surface area (TPSA) is 81.2 Å². The van der Waals surface area contributed by atoms with Gasteiger partial charge in [-0.1, -0.05) is 30.3 Å². The number of benzene rings is 3. The van der Waals surface area contributed by atoms with E-state index in [2.05, 4.69) is 4.98 Å². The molecule has 3 aromatic carbocycles. The number of sulfone groups is 2. The molecule has 0 saturated carbocycles. The van der Waals surface area contributed by atoms with E-state index in [0.29, 0.717) is 22.1 Å². The van der Waals surface area contributed by atoms with Crippen LogP contribution in [0.1, 0.15) is 0 Å². The van der Waals surface area contributed by atoms with Crippen LogP contribution in [0.4, 0.5) is 4.39 Å². The fourth-order valence-electron chi connectivity index (χ4n) is 3.50. The van der Waals surface area contributed by atoms with Crippen molar-refractivity contribution in [3.63, 3.8) is 0 Å². The second kappa shape index (κ2) is 7.55. The molecule has 8 heteroatoms. The molecule has 0 amide bonds. The summed E-state index contributed by atoms with van der Waals surface area (Å²) in [6, 6.07) is 17.3. The van der Waals surface area contributed by atoms with E-state index in [9.17, 15) is 21.2 Å². The van der Waals surface area contributed by atoms with Gasteiger partial charge >= 0.3 is 0 Å². The number of nitrogens with zero attached hydrogens (tertiary/aromatic N) is 1. The van der Waals surface area contributed by atoms with E-state index in [1.54, 1.807) is 48.5 Å². The zero-order valence-corrected chi connectivity index (χ0v) is 18.3. The summed E-state index contributed by atoms with van der Waals surface area (Å²) in [4.78, 5) is 4.46. The number of halogens is 1. The number of pyridine rings is 1. The van der Waals surface area contributed by atoms with Gasteiger partial charge in [0.25, 0.3) is 0 Å². The van der Waals surface area contributed by atoms with E-state index in [4.69, 9.17) is 0 Å². The molecule has 31 heavy (non-hydrogen) atoms. The summed E-state index contributed by atoms with van der Waals surface area (Å²) in [5.74, 6) is -0.486. The maximum absolute atomic E-state index is 14.9. The average Bonchev–Trinajstić information content (AvgIpc) is 2.72. The van der Waals surface area contributed by atoms with Crippen LogP contribution in [0.25, 0.3) is 33.2 Å². The van der Waals surface area contributed by atoms with Crippen LogP contribution in [0.15, 0.2) is 82.7 Å². The largest absolute Gasteiger partial charge is 0.255 e. The SMILES string of the molecule is CS(=O)(=O)c1cccc(-c2ccc(F)c(-c3ccnc4c(S(C)(=O)=O)cccc34)c2)c1. The van der Waals surface area contributed by atoms with E-state index < -0.39 is 25.5 Å². The van der Waals surface area contributed by atoms with Crippen molar-refractivity contribution in [2.24, 2.45) is 0 Å². The van der Waals surface area contributed by atoms with Crippen LogP contribution < -0.4 is 0 Å². The maximum Gasteiger partial charge on any atom is 0.177 e. The first kappa shape index (κ1) is 21.1. The van der Waals surface area contributed by atoms with Crippen molar-refractivity contribution < 1.29 is 21.2 Å². The Bertz CT molecular complexity index is 1550. The Balaban J connectivity index is 1.95. The zero-order valence-electron chi connectivity index (χ0n) is 16.7. The summed E-state index contributed by atoms with van der Waals surface area (Å²) in [6.07, 6.45) is 3.68.